The molecule has 108 valence electrons. The molecule has 0 radical (unpaired) electrons. The molecule has 2 heteroatoms. The second-order valence-electron chi connectivity index (χ2n) is 5.37. The van der Waals surface area contributed by atoms with Crippen LogP contribution in [0.15, 0.2) is 12.7 Å². The van der Waals surface area contributed by atoms with Crippen molar-refractivity contribution >= 4 is 0 Å². The lowest BCUT2D eigenvalue weighted by Crippen LogP contribution is -2.40. The van der Waals surface area contributed by atoms with Gasteiger partial charge < -0.3 is 10.2 Å². The molecule has 0 aromatic carbocycles. The highest BCUT2D eigenvalue weighted by atomic mass is 16.3. The van der Waals surface area contributed by atoms with Crippen LogP contribution in [0.1, 0.15) is 78.1 Å². The Morgan fingerprint density at radius 1 is 1.00 bits per heavy atom. The molecule has 0 aromatic rings. The van der Waals surface area contributed by atoms with E-state index in [2.05, 4.69) is 20.4 Å². The molecule has 0 aliphatic heterocycles. The molecule has 0 aliphatic carbocycles. The minimum Gasteiger partial charge on any atom is -0.390 e. The summed E-state index contributed by atoms with van der Waals surface area (Å²) in [6.45, 7) is 8.01. The minimum atomic E-state index is -1.08. The average Bonchev–Trinajstić information content (AvgIpc) is 2.38. The lowest BCUT2D eigenvalue weighted by molar-refractivity contribution is -0.0503. The second kappa shape index (κ2) is 10.6. The number of aliphatic hydroxyl groups excluding tert-OH is 1. The Morgan fingerprint density at radius 2 is 1.56 bits per heavy atom. The molecule has 18 heavy (non-hydrogen) atoms. The summed E-state index contributed by atoms with van der Waals surface area (Å²) in [6, 6.07) is 0. The summed E-state index contributed by atoms with van der Waals surface area (Å²) in [5.41, 5.74) is -1.08. The van der Waals surface area contributed by atoms with Crippen LogP contribution in [0, 0.1) is 0 Å². The van der Waals surface area contributed by atoms with Crippen LogP contribution < -0.4 is 0 Å². The van der Waals surface area contributed by atoms with E-state index in [1.807, 2.05) is 0 Å². The highest BCUT2D eigenvalue weighted by Gasteiger charge is 2.31. The SMILES string of the molecule is C=CC(O)(CCCCC)C(O)CCCCCCC. The third-order valence-corrected chi connectivity index (χ3v) is 3.69. The summed E-state index contributed by atoms with van der Waals surface area (Å²) < 4.78 is 0. The van der Waals surface area contributed by atoms with E-state index >= 15 is 0 Å². The van der Waals surface area contributed by atoms with Gasteiger partial charge in [-0.05, 0) is 12.8 Å². The van der Waals surface area contributed by atoms with Gasteiger partial charge in [-0.15, -0.1) is 6.58 Å². The number of hydrogen-bond acceptors (Lipinski definition) is 2. The maximum Gasteiger partial charge on any atom is 0.108 e. The molecule has 0 saturated heterocycles. The van der Waals surface area contributed by atoms with E-state index in [0.717, 1.165) is 32.1 Å². The number of hydrogen-bond donors (Lipinski definition) is 2. The van der Waals surface area contributed by atoms with Crippen molar-refractivity contribution in [1.82, 2.24) is 0 Å². The average molecular weight is 256 g/mol. The lowest BCUT2D eigenvalue weighted by atomic mass is 9.87. The van der Waals surface area contributed by atoms with Crippen molar-refractivity contribution in [3.63, 3.8) is 0 Å². The van der Waals surface area contributed by atoms with Gasteiger partial charge in [-0.3, -0.25) is 0 Å². The van der Waals surface area contributed by atoms with E-state index in [-0.39, 0.29) is 0 Å². The molecule has 0 rings (SSSR count). The maximum absolute atomic E-state index is 10.3. The van der Waals surface area contributed by atoms with E-state index in [1.165, 1.54) is 25.3 Å². The van der Waals surface area contributed by atoms with Crippen molar-refractivity contribution in [1.29, 1.82) is 0 Å². The fourth-order valence-corrected chi connectivity index (χ4v) is 2.25. The smallest absolute Gasteiger partial charge is 0.108 e. The highest BCUT2D eigenvalue weighted by molar-refractivity contribution is 5.00. The van der Waals surface area contributed by atoms with Gasteiger partial charge >= 0.3 is 0 Å². The largest absolute Gasteiger partial charge is 0.390 e. The Hall–Kier alpha value is -0.340. The van der Waals surface area contributed by atoms with Gasteiger partial charge in [0.1, 0.15) is 5.60 Å². The third kappa shape index (κ3) is 7.17. The topological polar surface area (TPSA) is 40.5 Å². The van der Waals surface area contributed by atoms with Crippen molar-refractivity contribution in [2.75, 3.05) is 0 Å². The van der Waals surface area contributed by atoms with Gasteiger partial charge in [0, 0.05) is 0 Å². The molecule has 0 heterocycles. The molecule has 2 atom stereocenters. The van der Waals surface area contributed by atoms with Crippen LogP contribution in [0.4, 0.5) is 0 Å². The highest BCUT2D eigenvalue weighted by Crippen LogP contribution is 2.24. The summed E-state index contributed by atoms with van der Waals surface area (Å²) in [5.74, 6) is 0. The quantitative estimate of drug-likeness (QED) is 0.406. The monoisotopic (exact) mass is 256 g/mol. The molecule has 0 aromatic heterocycles. The van der Waals surface area contributed by atoms with E-state index in [4.69, 9.17) is 0 Å². The van der Waals surface area contributed by atoms with Crippen LogP contribution in [-0.4, -0.2) is 21.9 Å². The predicted molar refractivity (Wildman–Crippen MR) is 78.7 cm³/mol. The minimum absolute atomic E-state index is 0.625. The molecule has 2 unspecified atom stereocenters. The molecular formula is C16H32O2. The molecule has 0 aliphatic rings. The van der Waals surface area contributed by atoms with Gasteiger partial charge in [-0.2, -0.15) is 0 Å². The van der Waals surface area contributed by atoms with Crippen molar-refractivity contribution in [3.05, 3.63) is 12.7 Å². The van der Waals surface area contributed by atoms with Gasteiger partial charge in [-0.1, -0.05) is 71.3 Å². The molecule has 0 saturated carbocycles. The Labute approximate surface area is 113 Å². The van der Waals surface area contributed by atoms with E-state index < -0.39 is 11.7 Å². The van der Waals surface area contributed by atoms with Crippen LogP contribution in [0.25, 0.3) is 0 Å². The van der Waals surface area contributed by atoms with Gasteiger partial charge in [-0.25, -0.2) is 0 Å². The summed E-state index contributed by atoms with van der Waals surface area (Å²) in [6.07, 6.45) is 11.2. The first-order valence-electron chi connectivity index (χ1n) is 7.64. The van der Waals surface area contributed by atoms with Crippen LogP contribution in [-0.2, 0) is 0 Å². The summed E-state index contributed by atoms with van der Waals surface area (Å²) in [5, 5.41) is 20.5. The molecule has 0 bridgehead atoms. The molecule has 0 fully saturated rings. The standard InChI is InChI=1S/C16H32O2/c1-4-7-9-10-11-13-15(17)16(18,6-3)14-12-8-5-2/h6,15,17-18H,3-5,7-14H2,1-2H3. The summed E-state index contributed by atoms with van der Waals surface area (Å²) >= 11 is 0. The second-order valence-corrected chi connectivity index (χ2v) is 5.37. The summed E-state index contributed by atoms with van der Waals surface area (Å²) in [4.78, 5) is 0. The first-order chi connectivity index (χ1) is 8.60. The summed E-state index contributed by atoms with van der Waals surface area (Å²) in [7, 11) is 0. The fourth-order valence-electron chi connectivity index (χ4n) is 2.25. The van der Waals surface area contributed by atoms with E-state index in [9.17, 15) is 10.2 Å². The zero-order valence-corrected chi connectivity index (χ0v) is 12.3. The number of rotatable bonds is 12. The molecule has 0 amide bonds. The van der Waals surface area contributed by atoms with Crippen molar-refractivity contribution in [3.8, 4) is 0 Å². The lowest BCUT2D eigenvalue weighted by Gasteiger charge is -2.30. The van der Waals surface area contributed by atoms with Crippen LogP contribution in [0.2, 0.25) is 0 Å². The van der Waals surface area contributed by atoms with Crippen LogP contribution >= 0.6 is 0 Å². The number of unbranched alkanes of at least 4 members (excludes halogenated alkanes) is 6. The molecule has 2 nitrogen and oxygen atoms in total. The van der Waals surface area contributed by atoms with Gasteiger partial charge in [0.05, 0.1) is 6.10 Å². The van der Waals surface area contributed by atoms with E-state index in [0.29, 0.717) is 12.8 Å². The third-order valence-electron chi connectivity index (χ3n) is 3.69. The molecular weight excluding hydrogens is 224 g/mol. The van der Waals surface area contributed by atoms with Gasteiger partial charge in [0.25, 0.3) is 0 Å². The maximum atomic E-state index is 10.3. The van der Waals surface area contributed by atoms with E-state index in [1.54, 1.807) is 0 Å². The molecule has 2 N–H and O–H groups in total. The van der Waals surface area contributed by atoms with Crippen molar-refractivity contribution in [2.45, 2.75) is 89.8 Å². The zero-order chi connectivity index (χ0) is 13.9. The van der Waals surface area contributed by atoms with Crippen molar-refractivity contribution in [2.24, 2.45) is 0 Å². The first kappa shape index (κ1) is 17.7. The first-order valence-corrected chi connectivity index (χ1v) is 7.64. The molecule has 0 spiro atoms. The fraction of sp³-hybridized carbons (Fsp3) is 0.875. The normalized spacial score (nSPS) is 16.2. The van der Waals surface area contributed by atoms with Gasteiger partial charge in [0.15, 0.2) is 0 Å². The zero-order valence-electron chi connectivity index (χ0n) is 12.3. The Bertz CT molecular complexity index is 203. The Kier molecular flexibility index (Phi) is 10.4. The van der Waals surface area contributed by atoms with Gasteiger partial charge in [0.2, 0.25) is 0 Å². The van der Waals surface area contributed by atoms with Crippen LogP contribution in [0.5, 0.6) is 0 Å². The Balaban J connectivity index is 3.92. The number of aliphatic hydroxyl groups is 2. The predicted octanol–water partition coefficient (Wildman–Crippen LogP) is 4.21. The van der Waals surface area contributed by atoms with Crippen LogP contribution in [0.3, 0.4) is 0 Å². The van der Waals surface area contributed by atoms with Crippen molar-refractivity contribution < 1.29 is 10.2 Å². The Morgan fingerprint density at radius 3 is 2.11 bits per heavy atom.